The summed E-state index contributed by atoms with van der Waals surface area (Å²) in [5.41, 5.74) is 6.94. The molecule has 19 heavy (non-hydrogen) atoms. The van der Waals surface area contributed by atoms with E-state index in [1.54, 1.807) is 36.4 Å². The maximum atomic E-state index is 12.2. The Morgan fingerprint density at radius 2 is 1.95 bits per heavy atom. The van der Waals surface area contributed by atoms with Gasteiger partial charge in [-0.15, -0.1) is 0 Å². The van der Waals surface area contributed by atoms with Crippen molar-refractivity contribution in [1.29, 1.82) is 0 Å². The molecule has 0 aliphatic heterocycles. The summed E-state index contributed by atoms with van der Waals surface area (Å²) in [5.74, 6) is -0.369. The molecule has 0 fully saturated rings. The standard InChI is InChI=1S/C13H9BrCl2N2O/c14-8-6-7(15)4-5-11(8)18-13(19)12-9(16)2-1-3-10(12)17/h1-6H,17H2,(H,18,19). The Hall–Kier alpha value is -1.23. The molecular weight excluding hydrogens is 351 g/mol. The maximum absolute atomic E-state index is 12.2. The minimum atomic E-state index is -0.369. The third-order valence-corrected chi connectivity index (χ3v) is 3.66. The van der Waals surface area contributed by atoms with Crippen molar-refractivity contribution < 1.29 is 4.79 Å². The summed E-state index contributed by atoms with van der Waals surface area (Å²) in [7, 11) is 0. The highest BCUT2D eigenvalue weighted by molar-refractivity contribution is 9.10. The normalized spacial score (nSPS) is 10.3. The van der Waals surface area contributed by atoms with Gasteiger partial charge < -0.3 is 11.1 Å². The minimum Gasteiger partial charge on any atom is -0.398 e. The van der Waals surface area contributed by atoms with Crippen LogP contribution in [0.15, 0.2) is 40.9 Å². The van der Waals surface area contributed by atoms with E-state index in [0.29, 0.717) is 25.9 Å². The third-order valence-electron chi connectivity index (χ3n) is 2.45. The largest absolute Gasteiger partial charge is 0.398 e. The predicted molar refractivity (Wildman–Crippen MR) is 83.0 cm³/mol. The van der Waals surface area contributed by atoms with E-state index in [0.717, 1.165) is 0 Å². The zero-order chi connectivity index (χ0) is 14.0. The first-order valence-corrected chi connectivity index (χ1v) is 6.84. The van der Waals surface area contributed by atoms with Gasteiger partial charge in [0.25, 0.3) is 5.91 Å². The fourth-order valence-electron chi connectivity index (χ4n) is 1.56. The first-order chi connectivity index (χ1) is 8.99. The summed E-state index contributed by atoms with van der Waals surface area (Å²) in [6.07, 6.45) is 0. The van der Waals surface area contributed by atoms with Gasteiger partial charge in [-0.1, -0.05) is 29.3 Å². The number of benzene rings is 2. The molecule has 0 aliphatic carbocycles. The molecule has 0 radical (unpaired) electrons. The van der Waals surface area contributed by atoms with Crippen LogP contribution < -0.4 is 11.1 Å². The molecule has 0 spiro atoms. The number of hydrogen-bond acceptors (Lipinski definition) is 2. The Bertz CT molecular complexity index is 626. The number of carbonyl (C=O) groups excluding carboxylic acids is 1. The molecule has 0 heterocycles. The fourth-order valence-corrected chi connectivity index (χ4v) is 2.61. The Balaban J connectivity index is 2.31. The Labute approximate surface area is 128 Å². The summed E-state index contributed by atoms with van der Waals surface area (Å²) >= 11 is 15.1. The molecule has 98 valence electrons. The van der Waals surface area contributed by atoms with Gasteiger partial charge in [0.1, 0.15) is 0 Å². The van der Waals surface area contributed by atoms with E-state index in [4.69, 9.17) is 28.9 Å². The van der Waals surface area contributed by atoms with E-state index >= 15 is 0 Å². The number of anilines is 2. The lowest BCUT2D eigenvalue weighted by Crippen LogP contribution is -2.15. The molecule has 0 saturated carbocycles. The lowest BCUT2D eigenvalue weighted by molar-refractivity contribution is 0.102. The van der Waals surface area contributed by atoms with Crippen LogP contribution in [0.1, 0.15) is 10.4 Å². The summed E-state index contributed by atoms with van der Waals surface area (Å²) in [6.45, 7) is 0. The lowest BCUT2D eigenvalue weighted by Gasteiger charge is -2.10. The third kappa shape index (κ3) is 3.21. The average Bonchev–Trinajstić information content (AvgIpc) is 2.32. The van der Waals surface area contributed by atoms with E-state index in [-0.39, 0.29) is 11.5 Å². The number of halogens is 3. The molecule has 0 aliphatic rings. The van der Waals surface area contributed by atoms with Gasteiger partial charge >= 0.3 is 0 Å². The van der Waals surface area contributed by atoms with Gasteiger partial charge in [-0.05, 0) is 46.3 Å². The zero-order valence-corrected chi connectivity index (χ0v) is 12.7. The number of amides is 1. The summed E-state index contributed by atoms with van der Waals surface area (Å²) in [4.78, 5) is 12.2. The van der Waals surface area contributed by atoms with E-state index in [1.165, 1.54) is 0 Å². The van der Waals surface area contributed by atoms with Crippen LogP contribution in [0, 0.1) is 0 Å². The van der Waals surface area contributed by atoms with Crippen molar-refractivity contribution in [2.24, 2.45) is 0 Å². The Morgan fingerprint density at radius 1 is 1.21 bits per heavy atom. The van der Waals surface area contributed by atoms with Gasteiger partial charge in [0, 0.05) is 15.2 Å². The summed E-state index contributed by atoms with van der Waals surface area (Å²) in [6, 6.07) is 9.98. The number of hydrogen-bond donors (Lipinski definition) is 2. The van der Waals surface area contributed by atoms with Crippen molar-refractivity contribution in [2.75, 3.05) is 11.1 Å². The van der Waals surface area contributed by atoms with Crippen molar-refractivity contribution >= 4 is 56.4 Å². The van der Waals surface area contributed by atoms with Crippen LogP contribution in [0.25, 0.3) is 0 Å². The van der Waals surface area contributed by atoms with E-state index in [1.807, 2.05) is 0 Å². The van der Waals surface area contributed by atoms with Crippen LogP contribution in [-0.4, -0.2) is 5.91 Å². The molecule has 2 aromatic rings. The minimum absolute atomic E-state index is 0.256. The zero-order valence-electron chi connectivity index (χ0n) is 9.58. The highest BCUT2D eigenvalue weighted by Crippen LogP contribution is 2.28. The average molecular weight is 360 g/mol. The lowest BCUT2D eigenvalue weighted by atomic mass is 10.1. The van der Waals surface area contributed by atoms with Crippen molar-refractivity contribution in [1.82, 2.24) is 0 Å². The van der Waals surface area contributed by atoms with E-state index in [2.05, 4.69) is 21.2 Å². The molecule has 2 aromatic carbocycles. The number of nitrogen functional groups attached to an aromatic ring is 1. The number of nitrogens with one attached hydrogen (secondary N) is 1. The van der Waals surface area contributed by atoms with Crippen molar-refractivity contribution in [3.8, 4) is 0 Å². The fraction of sp³-hybridized carbons (Fsp3) is 0. The van der Waals surface area contributed by atoms with Gasteiger partial charge in [0.2, 0.25) is 0 Å². The van der Waals surface area contributed by atoms with Crippen molar-refractivity contribution in [3.05, 3.63) is 56.5 Å². The molecule has 1 amide bonds. The van der Waals surface area contributed by atoms with Gasteiger partial charge in [0.05, 0.1) is 16.3 Å². The number of carbonyl (C=O) groups is 1. The van der Waals surface area contributed by atoms with Gasteiger partial charge in [-0.3, -0.25) is 4.79 Å². The summed E-state index contributed by atoms with van der Waals surface area (Å²) < 4.78 is 0.680. The molecule has 0 aromatic heterocycles. The second kappa shape index (κ2) is 5.82. The Kier molecular flexibility index (Phi) is 4.34. The second-order valence-electron chi connectivity index (χ2n) is 3.78. The van der Waals surface area contributed by atoms with Crippen LogP contribution in [0.4, 0.5) is 11.4 Å². The van der Waals surface area contributed by atoms with Gasteiger partial charge in [0.15, 0.2) is 0 Å². The van der Waals surface area contributed by atoms with Gasteiger partial charge in [-0.2, -0.15) is 0 Å². The molecule has 3 nitrogen and oxygen atoms in total. The molecule has 0 unspecified atom stereocenters. The SMILES string of the molecule is Nc1cccc(Cl)c1C(=O)Nc1ccc(Cl)cc1Br. The van der Waals surface area contributed by atoms with Crippen LogP contribution in [0.2, 0.25) is 10.0 Å². The van der Waals surface area contributed by atoms with E-state index < -0.39 is 0 Å². The van der Waals surface area contributed by atoms with E-state index in [9.17, 15) is 4.79 Å². The van der Waals surface area contributed by atoms with Crippen molar-refractivity contribution in [2.45, 2.75) is 0 Å². The monoisotopic (exact) mass is 358 g/mol. The van der Waals surface area contributed by atoms with Crippen LogP contribution >= 0.6 is 39.1 Å². The summed E-state index contributed by atoms with van der Waals surface area (Å²) in [5, 5.41) is 3.61. The first-order valence-electron chi connectivity index (χ1n) is 5.29. The molecule has 0 atom stereocenters. The van der Waals surface area contributed by atoms with Crippen LogP contribution in [-0.2, 0) is 0 Å². The number of rotatable bonds is 2. The highest BCUT2D eigenvalue weighted by Gasteiger charge is 2.15. The quantitative estimate of drug-likeness (QED) is 0.770. The smallest absolute Gasteiger partial charge is 0.259 e. The Morgan fingerprint density at radius 3 is 2.58 bits per heavy atom. The molecule has 2 rings (SSSR count). The first kappa shape index (κ1) is 14.2. The molecule has 6 heteroatoms. The highest BCUT2D eigenvalue weighted by atomic mass is 79.9. The molecule has 3 N–H and O–H groups in total. The molecular formula is C13H9BrCl2N2O. The maximum Gasteiger partial charge on any atom is 0.259 e. The predicted octanol–water partition coefficient (Wildman–Crippen LogP) is 4.59. The van der Waals surface area contributed by atoms with Gasteiger partial charge in [-0.25, -0.2) is 0 Å². The molecule has 0 bridgehead atoms. The van der Waals surface area contributed by atoms with Crippen molar-refractivity contribution in [3.63, 3.8) is 0 Å². The van der Waals surface area contributed by atoms with Crippen LogP contribution in [0.5, 0.6) is 0 Å². The number of nitrogens with two attached hydrogens (primary N) is 1. The topological polar surface area (TPSA) is 55.1 Å². The molecule has 0 saturated heterocycles. The van der Waals surface area contributed by atoms with Crippen LogP contribution in [0.3, 0.4) is 0 Å². The second-order valence-corrected chi connectivity index (χ2v) is 5.48.